The summed E-state index contributed by atoms with van der Waals surface area (Å²) < 4.78 is 5.53. The molecule has 3 rings (SSSR count). The highest BCUT2D eigenvalue weighted by atomic mass is 32.1. The van der Waals surface area contributed by atoms with Crippen LogP contribution in [0.5, 0.6) is 0 Å². The monoisotopic (exact) mass is 386 g/mol. The SMILES string of the molecule is C[C@H](N)CN(C(=O)OC(C)(C)C)c1cnc(-c2ccc3cnccc3c2)s1.[HH]. The third-order valence-electron chi connectivity index (χ3n) is 3.73. The number of carbonyl (C=O) groups excluding carboxylic acids is 1. The lowest BCUT2D eigenvalue weighted by Crippen LogP contribution is -2.42. The van der Waals surface area contributed by atoms with Gasteiger partial charge in [0, 0.05) is 37.4 Å². The average molecular weight is 387 g/mol. The fourth-order valence-electron chi connectivity index (χ4n) is 2.60. The van der Waals surface area contributed by atoms with Gasteiger partial charge in [-0.3, -0.25) is 9.88 Å². The van der Waals surface area contributed by atoms with Crippen LogP contribution in [0.2, 0.25) is 0 Å². The number of nitrogens with zero attached hydrogens (tertiary/aromatic N) is 3. The van der Waals surface area contributed by atoms with Crippen LogP contribution >= 0.6 is 11.3 Å². The van der Waals surface area contributed by atoms with E-state index >= 15 is 0 Å². The molecule has 3 aromatic rings. The van der Waals surface area contributed by atoms with Crippen molar-refractivity contribution in [2.24, 2.45) is 5.73 Å². The average Bonchev–Trinajstić information content (AvgIpc) is 3.07. The molecular weight excluding hydrogens is 360 g/mol. The van der Waals surface area contributed by atoms with Crippen molar-refractivity contribution in [1.82, 2.24) is 9.97 Å². The predicted molar refractivity (Wildman–Crippen MR) is 112 cm³/mol. The van der Waals surface area contributed by atoms with E-state index in [2.05, 4.69) is 16.0 Å². The fourth-order valence-corrected chi connectivity index (χ4v) is 3.51. The Morgan fingerprint density at radius 3 is 2.78 bits per heavy atom. The molecule has 0 fully saturated rings. The Bertz CT molecular complexity index is 953. The quantitative estimate of drug-likeness (QED) is 0.703. The number of hydrogen-bond acceptors (Lipinski definition) is 6. The van der Waals surface area contributed by atoms with E-state index < -0.39 is 11.7 Å². The predicted octanol–water partition coefficient (Wildman–Crippen LogP) is 4.69. The molecule has 0 saturated carbocycles. The van der Waals surface area contributed by atoms with E-state index in [1.54, 1.807) is 17.3 Å². The number of thiazole rings is 1. The molecule has 0 aliphatic rings. The van der Waals surface area contributed by atoms with Gasteiger partial charge in [-0.25, -0.2) is 9.78 Å². The third kappa shape index (κ3) is 4.81. The first-order chi connectivity index (χ1) is 12.7. The molecule has 7 heteroatoms. The molecule has 0 spiro atoms. The number of rotatable bonds is 4. The van der Waals surface area contributed by atoms with Crippen molar-refractivity contribution in [3.63, 3.8) is 0 Å². The highest BCUT2D eigenvalue weighted by molar-refractivity contribution is 7.19. The number of pyridine rings is 1. The van der Waals surface area contributed by atoms with Crippen LogP contribution < -0.4 is 10.6 Å². The van der Waals surface area contributed by atoms with E-state index in [1.165, 1.54) is 11.3 Å². The first kappa shape index (κ1) is 19.3. The lowest BCUT2D eigenvalue weighted by molar-refractivity contribution is 0.0579. The topological polar surface area (TPSA) is 81.3 Å². The maximum absolute atomic E-state index is 12.6. The zero-order valence-electron chi connectivity index (χ0n) is 16.0. The first-order valence-electron chi connectivity index (χ1n) is 8.79. The number of fused-ring (bicyclic) bond motifs is 1. The van der Waals surface area contributed by atoms with Gasteiger partial charge in [-0.05, 0) is 45.2 Å². The second kappa shape index (κ2) is 7.62. The van der Waals surface area contributed by atoms with Gasteiger partial charge in [-0.2, -0.15) is 0 Å². The Kier molecular flexibility index (Phi) is 5.43. The standard InChI is InChI=1S/C20H24N4O2S.H2/c1-13(21)12-24(19(25)26-20(2,3)4)17-11-23-18(27-17)15-5-6-16-10-22-8-7-14(16)9-15;/h5-11,13H,12,21H2,1-4H3;1H/t13-;/m0./s1. The summed E-state index contributed by atoms with van der Waals surface area (Å²) in [5, 5.41) is 3.72. The smallest absolute Gasteiger partial charge is 0.415 e. The summed E-state index contributed by atoms with van der Waals surface area (Å²) in [6, 6.07) is 7.89. The number of anilines is 1. The Morgan fingerprint density at radius 1 is 1.30 bits per heavy atom. The van der Waals surface area contributed by atoms with Crippen molar-refractivity contribution in [1.29, 1.82) is 0 Å². The number of benzene rings is 1. The first-order valence-corrected chi connectivity index (χ1v) is 9.61. The van der Waals surface area contributed by atoms with Crippen LogP contribution in [0.3, 0.4) is 0 Å². The van der Waals surface area contributed by atoms with Crippen molar-refractivity contribution >= 4 is 33.2 Å². The maximum atomic E-state index is 12.6. The summed E-state index contributed by atoms with van der Waals surface area (Å²) in [5.41, 5.74) is 6.36. The van der Waals surface area contributed by atoms with Crippen LogP contribution in [0.4, 0.5) is 9.80 Å². The van der Waals surface area contributed by atoms with E-state index in [-0.39, 0.29) is 7.47 Å². The van der Waals surface area contributed by atoms with Crippen LogP contribution in [-0.4, -0.2) is 34.2 Å². The molecular formula is C20H26N4O2S. The lowest BCUT2D eigenvalue weighted by Gasteiger charge is -2.27. The Hall–Kier alpha value is -2.51. The van der Waals surface area contributed by atoms with Gasteiger partial charge in [0.25, 0.3) is 0 Å². The molecule has 0 unspecified atom stereocenters. The summed E-state index contributed by atoms with van der Waals surface area (Å²) in [6.45, 7) is 7.75. The normalized spacial score (nSPS) is 12.8. The van der Waals surface area contributed by atoms with Gasteiger partial charge in [0.2, 0.25) is 0 Å². The number of nitrogens with two attached hydrogens (primary N) is 1. The van der Waals surface area contributed by atoms with Gasteiger partial charge in [0.05, 0.1) is 6.20 Å². The summed E-state index contributed by atoms with van der Waals surface area (Å²) in [4.78, 5) is 22.8. The van der Waals surface area contributed by atoms with Crippen molar-refractivity contribution in [2.75, 3.05) is 11.4 Å². The molecule has 27 heavy (non-hydrogen) atoms. The largest absolute Gasteiger partial charge is 0.443 e. The molecule has 2 heterocycles. The minimum Gasteiger partial charge on any atom is -0.443 e. The molecule has 1 aromatic carbocycles. The van der Waals surface area contributed by atoms with E-state index in [9.17, 15) is 4.79 Å². The summed E-state index contributed by atoms with van der Waals surface area (Å²) >= 11 is 1.44. The highest BCUT2D eigenvalue weighted by Crippen LogP contribution is 2.33. The van der Waals surface area contributed by atoms with E-state index in [0.29, 0.717) is 11.5 Å². The van der Waals surface area contributed by atoms with Gasteiger partial charge in [-0.1, -0.05) is 23.5 Å². The summed E-state index contributed by atoms with van der Waals surface area (Å²) in [5.74, 6) is 0. The zero-order valence-corrected chi connectivity index (χ0v) is 16.8. The van der Waals surface area contributed by atoms with Crippen LogP contribution in [0.1, 0.15) is 29.1 Å². The van der Waals surface area contributed by atoms with Crippen LogP contribution in [0.15, 0.2) is 42.9 Å². The van der Waals surface area contributed by atoms with Gasteiger partial charge >= 0.3 is 6.09 Å². The Morgan fingerprint density at radius 2 is 2.07 bits per heavy atom. The van der Waals surface area contributed by atoms with Crippen LogP contribution in [0, 0.1) is 0 Å². The number of ether oxygens (including phenoxy) is 1. The van der Waals surface area contributed by atoms with Crippen molar-refractivity contribution in [2.45, 2.75) is 39.3 Å². The van der Waals surface area contributed by atoms with Crippen molar-refractivity contribution < 1.29 is 11.0 Å². The van der Waals surface area contributed by atoms with Crippen molar-refractivity contribution in [3.05, 3.63) is 42.9 Å². The van der Waals surface area contributed by atoms with Crippen LogP contribution in [-0.2, 0) is 4.74 Å². The van der Waals surface area contributed by atoms with Gasteiger partial charge in [-0.15, -0.1) is 0 Å². The summed E-state index contributed by atoms with van der Waals surface area (Å²) in [7, 11) is 0. The molecule has 1 atom stereocenters. The minimum atomic E-state index is -0.576. The van der Waals surface area contributed by atoms with Gasteiger partial charge < -0.3 is 10.5 Å². The second-order valence-corrected chi connectivity index (χ2v) is 8.52. The zero-order chi connectivity index (χ0) is 19.6. The molecule has 6 nitrogen and oxygen atoms in total. The number of hydrogen-bond donors (Lipinski definition) is 1. The maximum Gasteiger partial charge on any atom is 0.415 e. The molecule has 1 amide bonds. The third-order valence-corrected chi connectivity index (χ3v) is 4.80. The van der Waals surface area contributed by atoms with E-state index in [1.807, 2.05) is 52.1 Å². The molecule has 0 aliphatic carbocycles. The second-order valence-electron chi connectivity index (χ2n) is 7.51. The summed E-state index contributed by atoms with van der Waals surface area (Å²) in [6.07, 6.45) is 4.88. The Labute approximate surface area is 164 Å². The molecule has 2 aromatic heterocycles. The molecule has 0 saturated heterocycles. The number of amides is 1. The molecule has 0 aliphatic heterocycles. The molecule has 2 N–H and O–H groups in total. The highest BCUT2D eigenvalue weighted by Gasteiger charge is 2.26. The lowest BCUT2D eigenvalue weighted by atomic mass is 10.1. The van der Waals surface area contributed by atoms with E-state index in [4.69, 9.17) is 10.5 Å². The van der Waals surface area contributed by atoms with E-state index in [0.717, 1.165) is 21.3 Å². The van der Waals surface area contributed by atoms with Crippen LogP contribution in [0.25, 0.3) is 21.3 Å². The van der Waals surface area contributed by atoms with Gasteiger partial charge in [0.1, 0.15) is 15.6 Å². The molecule has 0 bridgehead atoms. The molecule has 144 valence electrons. The fraction of sp³-hybridized carbons (Fsp3) is 0.350. The molecule has 0 radical (unpaired) electrons. The van der Waals surface area contributed by atoms with Crippen molar-refractivity contribution in [3.8, 4) is 10.6 Å². The van der Waals surface area contributed by atoms with Gasteiger partial charge in [0.15, 0.2) is 0 Å². The number of carbonyl (C=O) groups is 1. The Balaban J connectivity index is 0.00000280. The number of aromatic nitrogens is 2. The minimum absolute atomic E-state index is 0.